The van der Waals surface area contributed by atoms with Gasteiger partial charge >= 0.3 is 0 Å². The van der Waals surface area contributed by atoms with Gasteiger partial charge in [0.25, 0.3) is 5.91 Å². The number of phenolic OH excluding ortho intramolecular Hbond substituents is 2. The normalized spacial score (nSPS) is 11.5. The third-order valence-electron chi connectivity index (χ3n) is 4.07. The van der Waals surface area contributed by atoms with Gasteiger partial charge in [0.2, 0.25) is 0 Å². The Bertz CT molecular complexity index is 959. The molecule has 0 atom stereocenters. The molecule has 3 rings (SSSR count). The molecule has 3 aromatic rings. The summed E-state index contributed by atoms with van der Waals surface area (Å²) in [4.78, 5) is 16.8. The van der Waals surface area contributed by atoms with Crippen molar-refractivity contribution in [3.63, 3.8) is 0 Å². The van der Waals surface area contributed by atoms with Gasteiger partial charge in [-0.3, -0.25) is 9.78 Å². The number of phenols is 2. The number of rotatable bonds is 2. The topological polar surface area (TPSA) is 82.5 Å². The van der Waals surface area contributed by atoms with Gasteiger partial charge in [-0.1, -0.05) is 32.9 Å². The smallest absolute Gasteiger partial charge is 0.255 e. The molecule has 0 saturated carbocycles. The van der Waals surface area contributed by atoms with Crippen LogP contribution in [0.2, 0.25) is 0 Å². The first kappa shape index (κ1) is 16.8. The molecule has 0 aliphatic heterocycles. The minimum Gasteiger partial charge on any atom is -0.506 e. The van der Waals surface area contributed by atoms with Crippen LogP contribution in [0, 0.1) is 0 Å². The molecule has 0 bridgehead atoms. The van der Waals surface area contributed by atoms with Crippen molar-refractivity contribution in [1.82, 2.24) is 4.98 Å². The number of carbonyl (C=O) groups is 1. The summed E-state index contributed by atoms with van der Waals surface area (Å²) in [5.74, 6) is -0.716. The molecular formula is C20H20N2O3. The van der Waals surface area contributed by atoms with E-state index in [4.69, 9.17) is 0 Å². The fraction of sp³-hybridized carbons (Fsp3) is 0.200. The lowest BCUT2D eigenvalue weighted by Crippen LogP contribution is -2.15. The number of anilines is 1. The maximum Gasteiger partial charge on any atom is 0.255 e. The van der Waals surface area contributed by atoms with Crippen molar-refractivity contribution in [1.29, 1.82) is 0 Å². The van der Waals surface area contributed by atoms with Crippen LogP contribution in [-0.4, -0.2) is 21.1 Å². The van der Waals surface area contributed by atoms with Crippen LogP contribution >= 0.6 is 0 Å². The molecular weight excluding hydrogens is 316 g/mol. The van der Waals surface area contributed by atoms with Gasteiger partial charge in [0, 0.05) is 22.7 Å². The van der Waals surface area contributed by atoms with Gasteiger partial charge in [-0.05, 0) is 35.7 Å². The van der Waals surface area contributed by atoms with Crippen molar-refractivity contribution in [2.45, 2.75) is 26.2 Å². The van der Waals surface area contributed by atoms with Crippen LogP contribution in [0.4, 0.5) is 5.69 Å². The summed E-state index contributed by atoms with van der Waals surface area (Å²) in [6, 6.07) is 11.9. The second-order valence-electron chi connectivity index (χ2n) is 6.97. The van der Waals surface area contributed by atoms with E-state index in [0.29, 0.717) is 11.1 Å². The van der Waals surface area contributed by atoms with Crippen molar-refractivity contribution >= 4 is 22.5 Å². The minimum absolute atomic E-state index is 0.0173. The average Bonchev–Trinajstić information content (AvgIpc) is 2.56. The molecule has 0 spiro atoms. The predicted octanol–water partition coefficient (Wildman–Crippen LogP) is 4.20. The van der Waals surface area contributed by atoms with Crippen LogP contribution in [0.5, 0.6) is 11.5 Å². The first-order valence-electron chi connectivity index (χ1n) is 7.99. The largest absolute Gasteiger partial charge is 0.506 e. The van der Waals surface area contributed by atoms with Crippen LogP contribution in [0.3, 0.4) is 0 Å². The van der Waals surface area contributed by atoms with E-state index < -0.39 is 5.91 Å². The number of amides is 1. The van der Waals surface area contributed by atoms with Gasteiger partial charge < -0.3 is 15.5 Å². The Hall–Kier alpha value is -3.08. The number of fused-ring (bicyclic) bond motifs is 1. The summed E-state index contributed by atoms with van der Waals surface area (Å²) in [7, 11) is 0. The molecule has 25 heavy (non-hydrogen) atoms. The van der Waals surface area contributed by atoms with E-state index in [9.17, 15) is 15.0 Å². The Balaban J connectivity index is 1.97. The monoisotopic (exact) mass is 336 g/mol. The Kier molecular flexibility index (Phi) is 4.08. The second kappa shape index (κ2) is 6.09. The Morgan fingerprint density at radius 2 is 1.84 bits per heavy atom. The highest BCUT2D eigenvalue weighted by molar-refractivity contribution is 6.07. The summed E-state index contributed by atoms with van der Waals surface area (Å²) in [5, 5.41) is 24.0. The number of aromatic hydroxyl groups is 2. The zero-order valence-electron chi connectivity index (χ0n) is 14.4. The summed E-state index contributed by atoms with van der Waals surface area (Å²) >= 11 is 0. The first-order valence-corrected chi connectivity index (χ1v) is 7.99. The van der Waals surface area contributed by atoms with Crippen LogP contribution in [0.15, 0.2) is 48.7 Å². The van der Waals surface area contributed by atoms with E-state index in [0.717, 1.165) is 10.9 Å². The van der Waals surface area contributed by atoms with Gasteiger partial charge in [0.15, 0.2) is 0 Å². The molecule has 1 heterocycles. The molecule has 1 amide bonds. The zero-order valence-corrected chi connectivity index (χ0v) is 14.4. The number of carbonyl (C=O) groups excluding carboxylic acids is 1. The highest BCUT2D eigenvalue weighted by atomic mass is 16.3. The number of pyridine rings is 1. The lowest BCUT2D eigenvalue weighted by Gasteiger charge is -2.22. The second-order valence-corrected chi connectivity index (χ2v) is 6.97. The fourth-order valence-corrected chi connectivity index (χ4v) is 2.71. The first-order chi connectivity index (χ1) is 11.8. The number of aromatic nitrogens is 1. The van der Waals surface area contributed by atoms with Crippen molar-refractivity contribution in [2.24, 2.45) is 0 Å². The maximum atomic E-state index is 12.6. The molecule has 0 saturated heterocycles. The van der Waals surface area contributed by atoms with Crippen LogP contribution in [-0.2, 0) is 5.41 Å². The summed E-state index contributed by atoms with van der Waals surface area (Å²) < 4.78 is 0. The standard InChI is InChI=1S/C20H20N2O3/c1-20(2,3)14-7-9-16(23)17(18(14)24)22-19(25)13-6-8-15-12(11-13)5-4-10-21-15/h4-11,23-24H,1-3H3,(H,22,25). The van der Waals surface area contributed by atoms with E-state index in [1.165, 1.54) is 6.07 Å². The van der Waals surface area contributed by atoms with E-state index in [-0.39, 0.29) is 22.6 Å². The molecule has 0 unspecified atom stereocenters. The third kappa shape index (κ3) is 3.26. The summed E-state index contributed by atoms with van der Waals surface area (Å²) in [6.45, 7) is 5.84. The van der Waals surface area contributed by atoms with Gasteiger partial charge in [0.05, 0.1) is 5.52 Å². The predicted molar refractivity (Wildman–Crippen MR) is 98.2 cm³/mol. The number of hydrogen-bond acceptors (Lipinski definition) is 4. The highest BCUT2D eigenvalue weighted by Gasteiger charge is 2.23. The quantitative estimate of drug-likeness (QED) is 0.613. The van der Waals surface area contributed by atoms with E-state index in [1.807, 2.05) is 26.8 Å². The average molecular weight is 336 g/mol. The summed E-state index contributed by atoms with van der Waals surface area (Å²) in [5.41, 5.74) is 1.54. The number of nitrogens with one attached hydrogen (secondary N) is 1. The van der Waals surface area contributed by atoms with Gasteiger partial charge in [-0.2, -0.15) is 0 Å². The molecule has 128 valence electrons. The van der Waals surface area contributed by atoms with Crippen LogP contribution in [0.25, 0.3) is 10.9 Å². The molecule has 1 aromatic heterocycles. The van der Waals surface area contributed by atoms with Gasteiger partial charge in [-0.15, -0.1) is 0 Å². The van der Waals surface area contributed by atoms with E-state index in [2.05, 4.69) is 10.3 Å². The Morgan fingerprint density at radius 1 is 1.08 bits per heavy atom. The molecule has 0 aliphatic rings. The van der Waals surface area contributed by atoms with Crippen molar-refractivity contribution < 1.29 is 15.0 Å². The maximum absolute atomic E-state index is 12.6. The number of hydrogen-bond donors (Lipinski definition) is 3. The lowest BCUT2D eigenvalue weighted by molar-refractivity contribution is 0.102. The summed E-state index contributed by atoms with van der Waals surface area (Å²) in [6.07, 6.45) is 1.69. The van der Waals surface area contributed by atoms with Gasteiger partial charge in [0.1, 0.15) is 17.2 Å². The SMILES string of the molecule is CC(C)(C)c1ccc(O)c(NC(=O)c2ccc3ncccc3c2)c1O. The molecule has 0 fully saturated rings. The molecule has 3 N–H and O–H groups in total. The Morgan fingerprint density at radius 3 is 2.56 bits per heavy atom. The third-order valence-corrected chi connectivity index (χ3v) is 4.07. The molecule has 0 aliphatic carbocycles. The van der Waals surface area contributed by atoms with Crippen molar-refractivity contribution in [3.05, 3.63) is 59.8 Å². The lowest BCUT2D eigenvalue weighted by atomic mass is 9.86. The van der Waals surface area contributed by atoms with Gasteiger partial charge in [-0.25, -0.2) is 0 Å². The van der Waals surface area contributed by atoms with E-state index in [1.54, 1.807) is 36.5 Å². The highest BCUT2D eigenvalue weighted by Crippen LogP contribution is 2.41. The van der Waals surface area contributed by atoms with Crippen LogP contribution in [0.1, 0.15) is 36.7 Å². The fourth-order valence-electron chi connectivity index (χ4n) is 2.71. The number of nitrogens with zero attached hydrogens (tertiary/aromatic N) is 1. The minimum atomic E-state index is -0.414. The number of benzene rings is 2. The zero-order chi connectivity index (χ0) is 18.2. The van der Waals surface area contributed by atoms with Crippen molar-refractivity contribution in [3.8, 4) is 11.5 Å². The van der Waals surface area contributed by atoms with Crippen molar-refractivity contribution in [2.75, 3.05) is 5.32 Å². The molecule has 2 aromatic carbocycles. The molecule has 5 heteroatoms. The molecule has 5 nitrogen and oxygen atoms in total. The molecule has 0 radical (unpaired) electrons. The van der Waals surface area contributed by atoms with E-state index >= 15 is 0 Å². The van der Waals surface area contributed by atoms with Crippen LogP contribution < -0.4 is 5.32 Å². The Labute approximate surface area is 146 Å².